The zero-order valence-corrected chi connectivity index (χ0v) is 28.0. The van der Waals surface area contributed by atoms with E-state index in [0.29, 0.717) is 23.5 Å². The lowest BCUT2D eigenvalue weighted by molar-refractivity contribution is 0.130. The Morgan fingerprint density at radius 3 is 0.951 bits per heavy atom. The predicted octanol–water partition coefficient (Wildman–Crippen LogP) is 11.7. The van der Waals surface area contributed by atoms with Crippen LogP contribution in [0.1, 0.15) is 137 Å². The van der Waals surface area contributed by atoms with Crippen molar-refractivity contribution in [2.45, 2.75) is 131 Å². The fourth-order valence-corrected chi connectivity index (χ4v) is 3.95. The molecule has 41 heavy (non-hydrogen) atoms. The Hall–Kier alpha value is -2.94. The molecule has 0 heterocycles. The van der Waals surface area contributed by atoms with Gasteiger partial charge in [0.25, 0.3) is 0 Å². The summed E-state index contributed by atoms with van der Waals surface area (Å²) < 4.78 is 11.5. The Balaban J connectivity index is 0.000000312. The first-order valence-electron chi connectivity index (χ1n) is 15.4. The van der Waals surface area contributed by atoms with Crippen LogP contribution in [0.4, 0.5) is 0 Å². The van der Waals surface area contributed by atoms with E-state index < -0.39 is 0 Å². The number of benzene rings is 3. The van der Waals surface area contributed by atoms with Crippen LogP contribution in [0.15, 0.2) is 72.8 Å². The number of ether oxygens (including phenoxy) is 2. The van der Waals surface area contributed by atoms with Crippen LogP contribution in [0.2, 0.25) is 0 Å². The fourth-order valence-electron chi connectivity index (χ4n) is 3.95. The van der Waals surface area contributed by atoms with Gasteiger partial charge < -0.3 is 14.6 Å². The first-order chi connectivity index (χ1) is 19.1. The van der Waals surface area contributed by atoms with Gasteiger partial charge in [-0.3, -0.25) is 0 Å². The van der Waals surface area contributed by atoms with Gasteiger partial charge in [0.05, 0.1) is 0 Å². The highest BCUT2D eigenvalue weighted by Gasteiger charge is 2.13. The summed E-state index contributed by atoms with van der Waals surface area (Å²) in [5, 5.41) is 9.01. The van der Waals surface area contributed by atoms with Crippen LogP contribution in [0.3, 0.4) is 0 Å². The first kappa shape index (κ1) is 36.1. The first-order valence-corrected chi connectivity index (χ1v) is 15.4. The largest absolute Gasteiger partial charge is 0.508 e. The third-order valence-electron chi connectivity index (χ3n) is 7.05. The summed E-state index contributed by atoms with van der Waals surface area (Å²) in [4.78, 5) is 0. The molecule has 0 fully saturated rings. The second kappa shape index (κ2) is 17.1. The maximum atomic E-state index is 9.01. The summed E-state index contributed by atoms with van der Waals surface area (Å²) in [6.07, 6.45) is 3.50. The third kappa shape index (κ3) is 15.0. The molecule has 0 bridgehead atoms. The molecule has 0 saturated heterocycles. The van der Waals surface area contributed by atoms with Gasteiger partial charge in [0.1, 0.15) is 28.5 Å². The zero-order chi connectivity index (χ0) is 31.2. The quantitative estimate of drug-likeness (QED) is 0.297. The summed E-state index contributed by atoms with van der Waals surface area (Å²) >= 11 is 0. The predicted molar refractivity (Wildman–Crippen MR) is 178 cm³/mol. The fraction of sp³-hybridized carbons (Fsp3) is 0.526. The molecule has 3 unspecified atom stereocenters. The lowest BCUT2D eigenvalue weighted by Crippen LogP contribution is -2.22. The lowest BCUT2D eigenvalue weighted by Gasteiger charge is -2.21. The van der Waals surface area contributed by atoms with Crippen molar-refractivity contribution >= 4 is 0 Å². The second-order valence-corrected chi connectivity index (χ2v) is 13.1. The van der Waals surface area contributed by atoms with Gasteiger partial charge in [0.2, 0.25) is 0 Å². The molecule has 0 amide bonds. The van der Waals surface area contributed by atoms with Crippen LogP contribution < -0.4 is 9.47 Å². The Kier molecular flexibility index (Phi) is 15.1. The van der Waals surface area contributed by atoms with E-state index in [-0.39, 0.29) is 11.2 Å². The van der Waals surface area contributed by atoms with E-state index in [4.69, 9.17) is 14.6 Å². The van der Waals surface area contributed by atoms with Gasteiger partial charge in [0, 0.05) is 0 Å². The molecule has 0 aliphatic rings. The molecule has 0 aromatic heterocycles. The molecule has 3 aromatic carbocycles. The highest BCUT2D eigenvalue weighted by molar-refractivity contribution is 5.30. The van der Waals surface area contributed by atoms with Crippen molar-refractivity contribution in [3.05, 3.63) is 89.5 Å². The van der Waals surface area contributed by atoms with Crippen molar-refractivity contribution in [3.63, 3.8) is 0 Å². The van der Waals surface area contributed by atoms with Crippen molar-refractivity contribution in [2.24, 2.45) is 0 Å². The molecule has 0 aliphatic carbocycles. The van der Waals surface area contributed by atoms with Crippen LogP contribution >= 0.6 is 0 Å². The van der Waals surface area contributed by atoms with Crippen molar-refractivity contribution < 1.29 is 14.6 Å². The van der Waals surface area contributed by atoms with E-state index in [1.54, 1.807) is 12.1 Å². The summed E-state index contributed by atoms with van der Waals surface area (Å²) in [6, 6.07) is 24.3. The Labute approximate surface area is 252 Å². The topological polar surface area (TPSA) is 38.7 Å². The SMILES string of the molecule is CCC(C)c1ccc(O)cc1.CCC(C)c1ccc(OC(C)(C)C)cc1.CCC(C)c1ccc(OC(C)(C)C)cc1. The Morgan fingerprint density at radius 1 is 0.488 bits per heavy atom. The maximum absolute atomic E-state index is 9.01. The standard InChI is InChI=1S/2C14H22O.C10H14O/c2*1-6-11(2)12-7-9-13(10-8-12)15-14(3,4)5;1-3-8(2)9-4-6-10(11)7-5-9/h2*7-11H,6H2,1-5H3;4-8,11H,3H2,1-2H3. The molecule has 228 valence electrons. The second-order valence-electron chi connectivity index (χ2n) is 13.1. The normalized spacial score (nSPS) is 13.5. The average Bonchev–Trinajstić information content (AvgIpc) is 2.92. The third-order valence-corrected chi connectivity index (χ3v) is 7.05. The van der Waals surface area contributed by atoms with Crippen LogP contribution in [0.5, 0.6) is 17.2 Å². The number of aromatic hydroxyl groups is 1. The minimum atomic E-state index is -0.113. The van der Waals surface area contributed by atoms with E-state index in [9.17, 15) is 0 Å². The smallest absolute Gasteiger partial charge is 0.120 e. The van der Waals surface area contributed by atoms with Crippen LogP contribution in [-0.2, 0) is 0 Å². The lowest BCUT2D eigenvalue weighted by atomic mass is 9.99. The van der Waals surface area contributed by atoms with Crippen molar-refractivity contribution in [3.8, 4) is 17.2 Å². The molecule has 0 radical (unpaired) electrons. The molecular formula is C38H58O3. The molecule has 0 spiro atoms. The average molecular weight is 563 g/mol. The van der Waals surface area contributed by atoms with E-state index >= 15 is 0 Å². The number of hydrogen-bond acceptors (Lipinski definition) is 3. The van der Waals surface area contributed by atoms with E-state index in [1.165, 1.54) is 29.5 Å². The van der Waals surface area contributed by atoms with Crippen LogP contribution in [0, 0.1) is 0 Å². The Bertz CT molecular complexity index is 1020. The number of hydrogen-bond donors (Lipinski definition) is 1. The molecular weight excluding hydrogens is 504 g/mol. The molecule has 0 aliphatic heterocycles. The molecule has 3 heteroatoms. The summed E-state index contributed by atoms with van der Waals surface area (Å²) in [7, 11) is 0. The van der Waals surface area contributed by atoms with Crippen molar-refractivity contribution in [1.29, 1.82) is 0 Å². The molecule has 3 nitrogen and oxygen atoms in total. The zero-order valence-electron chi connectivity index (χ0n) is 28.0. The Morgan fingerprint density at radius 2 is 0.732 bits per heavy atom. The van der Waals surface area contributed by atoms with E-state index in [2.05, 4.69) is 132 Å². The maximum Gasteiger partial charge on any atom is 0.120 e. The van der Waals surface area contributed by atoms with E-state index in [1.807, 2.05) is 12.1 Å². The molecule has 3 atom stereocenters. The monoisotopic (exact) mass is 562 g/mol. The summed E-state index contributed by atoms with van der Waals surface area (Å²) in [5.41, 5.74) is 3.85. The van der Waals surface area contributed by atoms with Gasteiger partial charge in [-0.2, -0.15) is 0 Å². The number of phenolic OH excluding ortho intramolecular Hbond substituents is 1. The van der Waals surface area contributed by atoms with Crippen molar-refractivity contribution in [2.75, 3.05) is 0 Å². The highest BCUT2D eigenvalue weighted by atomic mass is 16.5. The van der Waals surface area contributed by atoms with Gasteiger partial charge in [-0.05, 0) is 132 Å². The molecule has 3 aromatic rings. The number of phenols is 1. The minimum Gasteiger partial charge on any atom is -0.508 e. The van der Waals surface area contributed by atoms with Gasteiger partial charge in [-0.25, -0.2) is 0 Å². The highest BCUT2D eigenvalue weighted by Crippen LogP contribution is 2.25. The van der Waals surface area contributed by atoms with Gasteiger partial charge >= 0.3 is 0 Å². The summed E-state index contributed by atoms with van der Waals surface area (Å²) in [6.45, 7) is 25.7. The van der Waals surface area contributed by atoms with Gasteiger partial charge in [-0.15, -0.1) is 0 Å². The molecule has 3 rings (SSSR count). The van der Waals surface area contributed by atoms with Crippen molar-refractivity contribution in [1.82, 2.24) is 0 Å². The van der Waals surface area contributed by atoms with Crippen LogP contribution in [0.25, 0.3) is 0 Å². The number of rotatable bonds is 8. The minimum absolute atomic E-state index is 0.113. The van der Waals surface area contributed by atoms with Crippen LogP contribution in [-0.4, -0.2) is 16.3 Å². The molecule has 0 saturated carbocycles. The van der Waals surface area contributed by atoms with Gasteiger partial charge in [-0.1, -0.05) is 77.9 Å². The summed E-state index contributed by atoms with van der Waals surface area (Å²) in [5.74, 6) is 4.11. The van der Waals surface area contributed by atoms with E-state index in [0.717, 1.165) is 17.9 Å². The molecule has 1 N–H and O–H groups in total. The van der Waals surface area contributed by atoms with Gasteiger partial charge in [0.15, 0.2) is 0 Å².